The highest BCUT2D eigenvalue weighted by Crippen LogP contribution is 2.29. The van der Waals surface area contributed by atoms with E-state index in [4.69, 9.17) is 4.74 Å². The zero-order valence-corrected chi connectivity index (χ0v) is 16.0. The van der Waals surface area contributed by atoms with Crippen LogP contribution in [0.4, 0.5) is 0 Å². The molecule has 0 radical (unpaired) electrons. The van der Waals surface area contributed by atoms with Crippen molar-refractivity contribution in [3.63, 3.8) is 0 Å². The van der Waals surface area contributed by atoms with Gasteiger partial charge in [0.15, 0.2) is 11.5 Å². The number of carbonyl (C=O) groups excluding carboxylic acids is 1. The van der Waals surface area contributed by atoms with Gasteiger partial charge in [-0.05, 0) is 35.9 Å². The molecule has 1 aromatic heterocycles. The van der Waals surface area contributed by atoms with Gasteiger partial charge in [0.1, 0.15) is 0 Å². The standard InChI is InChI=1S/C23H21N3O3/c1-29-22-14-16(10-11-21(22)27)15-24-25-23(28)12-13-26-19-8-4-2-6-17(19)18-7-3-5-9-20(18)26/h2-11,14-15,27H,12-13H2,1H3,(H,25,28). The quantitative estimate of drug-likeness (QED) is 0.387. The number of aromatic hydroxyl groups is 1. The number of amides is 1. The summed E-state index contributed by atoms with van der Waals surface area (Å²) < 4.78 is 7.23. The average molecular weight is 387 g/mol. The van der Waals surface area contributed by atoms with Crippen molar-refractivity contribution in [1.29, 1.82) is 0 Å². The van der Waals surface area contributed by atoms with Gasteiger partial charge in [-0.2, -0.15) is 5.10 Å². The van der Waals surface area contributed by atoms with Gasteiger partial charge in [-0.25, -0.2) is 5.43 Å². The second-order valence-electron chi connectivity index (χ2n) is 6.66. The molecule has 0 saturated carbocycles. The van der Waals surface area contributed by atoms with E-state index in [2.05, 4.69) is 39.4 Å². The van der Waals surface area contributed by atoms with Crippen LogP contribution in [0.25, 0.3) is 21.8 Å². The van der Waals surface area contributed by atoms with Crippen LogP contribution in [0.5, 0.6) is 11.5 Å². The zero-order valence-electron chi connectivity index (χ0n) is 16.0. The van der Waals surface area contributed by atoms with Gasteiger partial charge in [0.2, 0.25) is 5.91 Å². The van der Waals surface area contributed by atoms with Crippen LogP contribution in [-0.2, 0) is 11.3 Å². The molecule has 0 aliphatic heterocycles. The van der Waals surface area contributed by atoms with Crippen molar-refractivity contribution in [1.82, 2.24) is 9.99 Å². The molecule has 0 bridgehead atoms. The predicted octanol–water partition coefficient (Wildman–Crippen LogP) is 4.05. The van der Waals surface area contributed by atoms with Crippen molar-refractivity contribution in [2.45, 2.75) is 13.0 Å². The molecule has 3 aromatic carbocycles. The largest absolute Gasteiger partial charge is 0.504 e. The normalized spacial score (nSPS) is 11.3. The molecule has 0 unspecified atom stereocenters. The summed E-state index contributed by atoms with van der Waals surface area (Å²) >= 11 is 0. The molecule has 146 valence electrons. The lowest BCUT2D eigenvalue weighted by Crippen LogP contribution is -2.19. The van der Waals surface area contributed by atoms with E-state index in [1.165, 1.54) is 30.2 Å². The van der Waals surface area contributed by atoms with Crippen molar-refractivity contribution in [3.8, 4) is 11.5 Å². The Bertz CT molecular complexity index is 1160. The van der Waals surface area contributed by atoms with Gasteiger partial charge in [-0.15, -0.1) is 0 Å². The van der Waals surface area contributed by atoms with Crippen molar-refractivity contribution in [2.24, 2.45) is 5.10 Å². The summed E-state index contributed by atoms with van der Waals surface area (Å²) in [6.07, 6.45) is 1.82. The Kier molecular flexibility index (Phi) is 5.16. The van der Waals surface area contributed by atoms with E-state index in [1.54, 1.807) is 12.1 Å². The molecule has 29 heavy (non-hydrogen) atoms. The van der Waals surface area contributed by atoms with Crippen molar-refractivity contribution in [3.05, 3.63) is 72.3 Å². The summed E-state index contributed by atoms with van der Waals surface area (Å²) in [5.74, 6) is 0.236. The molecule has 0 fully saturated rings. The van der Waals surface area contributed by atoms with E-state index in [-0.39, 0.29) is 11.7 Å². The molecule has 6 heteroatoms. The highest BCUT2D eigenvalue weighted by atomic mass is 16.5. The first-order valence-corrected chi connectivity index (χ1v) is 9.32. The Morgan fingerprint density at radius 2 is 1.72 bits per heavy atom. The minimum absolute atomic E-state index is 0.0554. The van der Waals surface area contributed by atoms with E-state index in [0.717, 1.165) is 11.0 Å². The Labute approximate surface area is 168 Å². The smallest absolute Gasteiger partial charge is 0.241 e. The second-order valence-corrected chi connectivity index (χ2v) is 6.66. The number of nitrogens with zero attached hydrogens (tertiary/aromatic N) is 2. The van der Waals surface area contributed by atoms with Crippen LogP contribution in [0.15, 0.2) is 71.8 Å². The summed E-state index contributed by atoms with van der Waals surface area (Å²) in [7, 11) is 1.48. The van der Waals surface area contributed by atoms with Crippen molar-refractivity contribution in [2.75, 3.05) is 7.11 Å². The number of phenolic OH excluding ortho intramolecular Hbond substituents is 1. The lowest BCUT2D eigenvalue weighted by atomic mass is 10.2. The third-order valence-electron chi connectivity index (χ3n) is 4.85. The van der Waals surface area contributed by atoms with Crippen LogP contribution in [0.2, 0.25) is 0 Å². The third-order valence-corrected chi connectivity index (χ3v) is 4.85. The first-order valence-electron chi connectivity index (χ1n) is 9.32. The molecule has 0 saturated heterocycles. The van der Waals surface area contributed by atoms with Crippen molar-refractivity contribution >= 4 is 33.9 Å². The molecule has 2 N–H and O–H groups in total. The maximum absolute atomic E-state index is 12.3. The third kappa shape index (κ3) is 3.78. The van der Waals surface area contributed by atoms with Crippen LogP contribution >= 0.6 is 0 Å². The number of carbonyl (C=O) groups is 1. The molecular weight excluding hydrogens is 366 g/mol. The molecule has 6 nitrogen and oxygen atoms in total. The van der Waals surface area contributed by atoms with Gasteiger partial charge in [-0.3, -0.25) is 4.79 Å². The molecule has 1 amide bonds. The SMILES string of the molecule is COc1cc(C=NNC(=O)CCn2c3ccccc3c3ccccc32)ccc1O. The summed E-state index contributed by atoms with van der Waals surface area (Å²) in [4.78, 5) is 12.3. The van der Waals surface area contributed by atoms with E-state index in [9.17, 15) is 9.90 Å². The fourth-order valence-electron chi connectivity index (χ4n) is 3.47. The number of hydrazone groups is 1. The van der Waals surface area contributed by atoms with E-state index in [1.807, 2.05) is 24.3 Å². The summed E-state index contributed by atoms with van der Waals surface area (Å²) in [6, 6.07) is 21.3. The second kappa shape index (κ2) is 8.06. The molecule has 0 atom stereocenters. The number of ether oxygens (including phenoxy) is 1. The molecule has 0 aliphatic carbocycles. The Hall–Kier alpha value is -3.80. The summed E-state index contributed by atoms with van der Waals surface area (Å²) in [6.45, 7) is 0.558. The van der Waals surface area contributed by atoms with Gasteiger partial charge in [-0.1, -0.05) is 36.4 Å². The Morgan fingerprint density at radius 1 is 1.07 bits per heavy atom. The minimum Gasteiger partial charge on any atom is -0.504 e. The predicted molar refractivity (Wildman–Crippen MR) is 114 cm³/mol. The fraction of sp³-hybridized carbons (Fsp3) is 0.130. The zero-order chi connectivity index (χ0) is 20.2. The van der Waals surface area contributed by atoms with Gasteiger partial charge < -0.3 is 14.4 Å². The lowest BCUT2D eigenvalue weighted by Gasteiger charge is -2.07. The number of phenols is 1. The number of methoxy groups -OCH3 is 1. The van der Waals surface area contributed by atoms with Crippen LogP contribution in [0.3, 0.4) is 0 Å². The van der Waals surface area contributed by atoms with E-state index in [0.29, 0.717) is 24.3 Å². The number of para-hydroxylation sites is 2. The molecule has 0 aliphatic rings. The van der Waals surface area contributed by atoms with Gasteiger partial charge in [0, 0.05) is 34.8 Å². The monoisotopic (exact) mass is 387 g/mol. The maximum Gasteiger partial charge on any atom is 0.241 e. The molecule has 0 spiro atoms. The summed E-state index contributed by atoms with van der Waals surface area (Å²) in [5, 5.41) is 16.0. The Morgan fingerprint density at radius 3 is 2.38 bits per heavy atom. The van der Waals surface area contributed by atoms with Gasteiger partial charge in [0.05, 0.1) is 13.3 Å². The highest BCUT2D eigenvalue weighted by molar-refractivity contribution is 6.08. The van der Waals surface area contributed by atoms with Crippen LogP contribution in [-0.4, -0.2) is 28.9 Å². The van der Waals surface area contributed by atoms with Gasteiger partial charge in [0.25, 0.3) is 0 Å². The van der Waals surface area contributed by atoms with Gasteiger partial charge >= 0.3 is 0 Å². The van der Waals surface area contributed by atoms with Crippen molar-refractivity contribution < 1.29 is 14.6 Å². The number of aromatic nitrogens is 1. The summed E-state index contributed by atoms with van der Waals surface area (Å²) in [5.41, 5.74) is 5.49. The molecular formula is C23H21N3O3. The lowest BCUT2D eigenvalue weighted by molar-refractivity contribution is -0.121. The molecule has 4 rings (SSSR count). The molecule has 4 aromatic rings. The number of hydrogen-bond acceptors (Lipinski definition) is 4. The van der Waals surface area contributed by atoms with Crippen LogP contribution in [0, 0.1) is 0 Å². The topological polar surface area (TPSA) is 75.8 Å². The Balaban J connectivity index is 1.45. The highest BCUT2D eigenvalue weighted by Gasteiger charge is 2.10. The number of aryl methyl sites for hydroxylation is 1. The average Bonchev–Trinajstić information content (AvgIpc) is 3.07. The minimum atomic E-state index is -0.172. The first-order chi connectivity index (χ1) is 14.2. The number of benzene rings is 3. The fourth-order valence-corrected chi connectivity index (χ4v) is 3.47. The number of nitrogens with one attached hydrogen (secondary N) is 1. The molecule has 1 heterocycles. The van der Waals surface area contributed by atoms with Crippen LogP contribution < -0.4 is 10.2 Å². The van der Waals surface area contributed by atoms with Crippen LogP contribution in [0.1, 0.15) is 12.0 Å². The number of hydrogen-bond donors (Lipinski definition) is 2. The first kappa shape index (κ1) is 18.6. The maximum atomic E-state index is 12.3. The number of rotatable bonds is 6. The number of fused-ring (bicyclic) bond motifs is 3. The van der Waals surface area contributed by atoms with E-state index >= 15 is 0 Å². The van der Waals surface area contributed by atoms with E-state index < -0.39 is 0 Å².